The SMILES string of the molecule is COC(=O)c1c(N)cnc2c(C)cccc12. The molecule has 2 rings (SSSR count). The zero-order chi connectivity index (χ0) is 11.7. The lowest BCUT2D eigenvalue weighted by Crippen LogP contribution is -2.07. The van der Waals surface area contributed by atoms with Gasteiger partial charge in [-0.1, -0.05) is 18.2 Å². The van der Waals surface area contributed by atoms with Gasteiger partial charge in [-0.15, -0.1) is 0 Å². The molecule has 0 fully saturated rings. The van der Waals surface area contributed by atoms with Gasteiger partial charge in [-0.25, -0.2) is 4.79 Å². The van der Waals surface area contributed by atoms with E-state index in [0.29, 0.717) is 11.3 Å². The minimum absolute atomic E-state index is 0.338. The monoisotopic (exact) mass is 216 g/mol. The Morgan fingerprint density at radius 3 is 2.88 bits per heavy atom. The molecular weight excluding hydrogens is 204 g/mol. The van der Waals surface area contributed by atoms with Crippen LogP contribution in [0.1, 0.15) is 15.9 Å². The van der Waals surface area contributed by atoms with E-state index in [9.17, 15) is 4.79 Å². The minimum atomic E-state index is -0.435. The fourth-order valence-electron chi connectivity index (χ4n) is 1.72. The normalized spacial score (nSPS) is 10.4. The Balaban J connectivity index is 2.85. The molecule has 0 aliphatic heterocycles. The van der Waals surface area contributed by atoms with Gasteiger partial charge in [0.25, 0.3) is 0 Å². The third-order valence-electron chi connectivity index (χ3n) is 2.52. The number of rotatable bonds is 1. The van der Waals surface area contributed by atoms with Crippen LogP contribution in [0.4, 0.5) is 5.69 Å². The van der Waals surface area contributed by atoms with E-state index in [1.54, 1.807) is 0 Å². The van der Waals surface area contributed by atoms with Gasteiger partial charge < -0.3 is 10.5 Å². The van der Waals surface area contributed by atoms with Crippen molar-refractivity contribution in [1.82, 2.24) is 4.98 Å². The number of nitrogens with zero attached hydrogens (tertiary/aromatic N) is 1. The van der Waals surface area contributed by atoms with E-state index in [4.69, 9.17) is 10.5 Å². The first kappa shape index (κ1) is 10.4. The molecule has 2 aromatic rings. The van der Waals surface area contributed by atoms with Crippen LogP contribution in [0.3, 0.4) is 0 Å². The van der Waals surface area contributed by atoms with Crippen LogP contribution in [-0.4, -0.2) is 18.1 Å². The maximum atomic E-state index is 11.6. The number of esters is 1. The van der Waals surface area contributed by atoms with Crippen molar-refractivity contribution in [3.63, 3.8) is 0 Å². The number of hydrogen-bond donors (Lipinski definition) is 1. The Kier molecular flexibility index (Phi) is 2.48. The van der Waals surface area contributed by atoms with Crippen molar-refractivity contribution in [2.45, 2.75) is 6.92 Å². The van der Waals surface area contributed by atoms with Crippen LogP contribution in [0.2, 0.25) is 0 Å². The average molecular weight is 216 g/mol. The van der Waals surface area contributed by atoms with Crippen molar-refractivity contribution in [1.29, 1.82) is 0 Å². The molecule has 4 nitrogen and oxygen atoms in total. The van der Waals surface area contributed by atoms with Crippen molar-refractivity contribution in [2.75, 3.05) is 12.8 Å². The van der Waals surface area contributed by atoms with Crippen LogP contribution >= 0.6 is 0 Å². The van der Waals surface area contributed by atoms with E-state index >= 15 is 0 Å². The van der Waals surface area contributed by atoms with E-state index in [-0.39, 0.29) is 0 Å². The fourth-order valence-corrected chi connectivity index (χ4v) is 1.72. The van der Waals surface area contributed by atoms with Gasteiger partial charge in [0.2, 0.25) is 0 Å². The van der Waals surface area contributed by atoms with Gasteiger partial charge in [-0.05, 0) is 12.5 Å². The molecule has 1 aromatic heterocycles. The molecule has 1 heterocycles. The number of carbonyl (C=O) groups excluding carboxylic acids is 1. The highest BCUT2D eigenvalue weighted by molar-refractivity contribution is 6.08. The number of nitrogen functional groups attached to an aromatic ring is 1. The van der Waals surface area contributed by atoms with E-state index in [1.807, 2.05) is 25.1 Å². The van der Waals surface area contributed by atoms with Gasteiger partial charge in [0.05, 0.1) is 30.1 Å². The summed E-state index contributed by atoms with van der Waals surface area (Å²) in [5.74, 6) is -0.435. The van der Waals surface area contributed by atoms with Crippen molar-refractivity contribution < 1.29 is 9.53 Å². The van der Waals surface area contributed by atoms with E-state index < -0.39 is 5.97 Å². The second-order valence-corrected chi connectivity index (χ2v) is 3.55. The predicted molar refractivity (Wildman–Crippen MR) is 62.2 cm³/mol. The first-order valence-corrected chi connectivity index (χ1v) is 4.87. The molecule has 0 saturated heterocycles. The van der Waals surface area contributed by atoms with Gasteiger partial charge in [0, 0.05) is 5.39 Å². The van der Waals surface area contributed by atoms with Gasteiger partial charge in [0.15, 0.2) is 0 Å². The summed E-state index contributed by atoms with van der Waals surface area (Å²) in [5, 5.41) is 0.729. The van der Waals surface area contributed by atoms with Crippen molar-refractivity contribution in [3.8, 4) is 0 Å². The molecule has 0 unspecified atom stereocenters. The predicted octanol–water partition coefficient (Wildman–Crippen LogP) is 1.91. The number of benzene rings is 1. The topological polar surface area (TPSA) is 65.2 Å². The highest BCUT2D eigenvalue weighted by atomic mass is 16.5. The summed E-state index contributed by atoms with van der Waals surface area (Å²) in [6.45, 7) is 1.94. The van der Waals surface area contributed by atoms with E-state index in [0.717, 1.165) is 16.5 Å². The summed E-state index contributed by atoms with van der Waals surface area (Å²) < 4.78 is 4.72. The standard InChI is InChI=1S/C12H12N2O2/c1-7-4-3-5-8-10(12(15)16-2)9(13)6-14-11(7)8/h3-6H,13H2,1-2H3. The first-order chi connectivity index (χ1) is 7.65. The lowest BCUT2D eigenvalue weighted by molar-refractivity contribution is 0.0604. The molecule has 16 heavy (non-hydrogen) atoms. The first-order valence-electron chi connectivity index (χ1n) is 4.87. The van der Waals surface area contributed by atoms with Crippen molar-refractivity contribution >= 4 is 22.6 Å². The van der Waals surface area contributed by atoms with Crippen LogP contribution < -0.4 is 5.73 Å². The lowest BCUT2D eigenvalue weighted by atomic mass is 10.0. The number of aryl methyl sites for hydroxylation is 1. The quantitative estimate of drug-likeness (QED) is 0.739. The minimum Gasteiger partial charge on any atom is -0.465 e. The molecule has 4 heteroatoms. The van der Waals surface area contributed by atoms with Crippen LogP contribution in [0.15, 0.2) is 24.4 Å². The van der Waals surface area contributed by atoms with Gasteiger partial charge >= 0.3 is 5.97 Å². The lowest BCUT2D eigenvalue weighted by Gasteiger charge is -2.08. The highest BCUT2D eigenvalue weighted by Crippen LogP contribution is 2.24. The summed E-state index contributed by atoms with van der Waals surface area (Å²) in [4.78, 5) is 15.9. The zero-order valence-electron chi connectivity index (χ0n) is 9.15. The molecule has 1 aromatic carbocycles. The van der Waals surface area contributed by atoms with Crippen LogP contribution in [-0.2, 0) is 4.74 Å². The zero-order valence-corrected chi connectivity index (χ0v) is 9.15. The van der Waals surface area contributed by atoms with Crippen molar-refractivity contribution in [2.24, 2.45) is 0 Å². The maximum absolute atomic E-state index is 11.6. The third kappa shape index (κ3) is 1.48. The molecule has 0 spiro atoms. The number of aromatic nitrogens is 1. The molecule has 2 N–H and O–H groups in total. The summed E-state index contributed by atoms with van der Waals surface area (Å²) in [7, 11) is 1.34. The molecule has 82 valence electrons. The Bertz CT molecular complexity index is 564. The van der Waals surface area contributed by atoms with Gasteiger partial charge in [0.1, 0.15) is 0 Å². The van der Waals surface area contributed by atoms with Gasteiger partial charge in [-0.3, -0.25) is 4.98 Å². The van der Waals surface area contributed by atoms with Crippen molar-refractivity contribution in [3.05, 3.63) is 35.5 Å². The molecule has 0 aliphatic carbocycles. The third-order valence-corrected chi connectivity index (χ3v) is 2.52. The number of methoxy groups -OCH3 is 1. The molecule has 0 atom stereocenters. The maximum Gasteiger partial charge on any atom is 0.340 e. The summed E-state index contributed by atoms with van der Waals surface area (Å²) in [6, 6.07) is 5.62. The van der Waals surface area contributed by atoms with Crippen LogP contribution in [0, 0.1) is 6.92 Å². The molecule has 0 radical (unpaired) electrons. The van der Waals surface area contributed by atoms with E-state index in [2.05, 4.69) is 4.98 Å². The molecule has 0 amide bonds. The number of anilines is 1. The second-order valence-electron chi connectivity index (χ2n) is 3.55. The fraction of sp³-hybridized carbons (Fsp3) is 0.167. The number of fused-ring (bicyclic) bond motifs is 1. The molecular formula is C12H12N2O2. The molecule has 0 bridgehead atoms. The number of ether oxygens (including phenoxy) is 1. The second kappa shape index (κ2) is 3.81. The highest BCUT2D eigenvalue weighted by Gasteiger charge is 2.15. The smallest absolute Gasteiger partial charge is 0.340 e. The van der Waals surface area contributed by atoms with E-state index in [1.165, 1.54) is 13.3 Å². The Labute approximate surface area is 93.0 Å². The average Bonchev–Trinajstić information content (AvgIpc) is 2.28. The Morgan fingerprint density at radius 1 is 1.44 bits per heavy atom. The van der Waals surface area contributed by atoms with Crippen LogP contribution in [0.5, 0.6) is 0 Å². The number of hydrogen-bond acceptors (Lipinski definition) is 4. The molecule has 0 aliphatic rings. The summed E-state index contributed by atoms with van der Waals surface area (Å²) in [6.07, 6.45) is 1.49. The largest absolute Gasteiger partial charge is 0.465 e. The van der Waals surface area contributed by atoms with Gasteiger partial charge in [-0.2, -0.15) is 0 Å². The number of pyridine rings is 1. The van der Waals surface area contributed by atoms with Crippen LogP contribution in [0.25, 0.3) is 10.9 Å². The number of nitrogens with two attached hydrogens (primary N) is 1. The summed E-state index contributed by atoms with van der Waals surface area (Å²) in [5.41, 5.74) is 8.25. The Hall–Kier alpha value is -2.10. The summed E-state index contributed by atoms with van der Waals surface area (Å²) >= 11 is 0. The number of carbonyl (C=O) groups is 1. The Morgan fingerprint density at radius 2 is 2.19 bits per heavy atom. The molecule has 0 saturated carbocycles. The number of para-hydroxylation sites is 1.